The van der Waals surface area contributed by atoms with E-state index in [-0.39, 0.29) is 11.8 Å². The molecule has 1 aliphatic heterocycles. The summed E-state index contributed by atoms with van der Waals surface area (Å²) in [4.78, 5) is 6.85. The van der Waals surface area contributed by atoms with Crippen LogP contribution < -0.4 is 0 Å². The number of likely N-dealkylation sites (tertiary alicyclic amines) is 1. The number of hydrogen-bond acceptors (Lipinski definition) is 3. The molecule has 0 saturated carbocycles. The minimum atomic E-state index is -0.839. The number of aromatic nitrogens is 1. The Morgan fingerprint density at radius 3 is 2.27 bits per heavy atom. The molecule has 1 aromatic heterocycles. The monoisotopic (exact) mass is 296 g/mol. The molecule has 22 heavy (non-hydrogen) atoms. The molecule has 1 fully saturated rings. The van der Waals surface area contributed by atoms with E-state index in [0.717, 1.165) is 25.3 Å². The highest BCUT2D eigenvalue weighted by atomic mass is 16.3. The Balaban J connectivity index is 1.77. The van der Waals surface area contributed by atoms with Gasteiger partial charge in [0.2, 0.25) is 0 Å². The molecule has 0 spiro atoms. The van der Waals surface area contributed by atoms with Crippen LogP contribution >= 0.6 is 0 Å². The topological polar surface area (TPSA) is 36.4 Å². The molecular formula is C19H24N2O. The zero-order chi connectivity index (χ0) is 15.6. The molecule has 0 unspecified atom stereocenters. The largest absolute Gasteiger partial charge is 0.383 e. The van der Waals surface area contributed by atoms with Crippen molar-refractivity contribution in [2.45, 2.75) is 26.0 Å². The Bertz CT molecular complexity index is 587. The maximum Gasteiger partial charge on any atom is 0.114 e. The van der Waals surface area contributed by atoms with E-state index in [9.17, 15) is 5.11 Å². The fraction of sp³-hybridized carbons (Fsp3) is 0.421. The van der Waals surface area contributed by atoms with E-state index in [1.54, 1.807) is 6.20 Å². The second-order valence-electron chi connectivity index (χ2n) is 6.52. The first-order chi connectivity index (χ1) is 10.6. The molecule has 3 heteroatoms. The molecule has 0 aliphatic carbocycles. The van der Waals surface area contributed by atoms with Crippen LogP contribution in [0, 0.1) is 11.8 Å². The van der Waals surface area contributed by atoms with Gasteiger partial charge >= 0.3 is 0 Å². The van der Waals surface area contributed by atoms with Gasteiger partial charge in [-0.3, -0.25) is 9.88 Å². The first kappa shape index (κ1) is 15.2. The van der Waals surface area contributed by atoms with Crippen LogP contribution in [0.5, 0.6) is 0 Å². The molecule has 3 rings (SSSR count). The van der Waals surface area contributed by atoms with Crippen molar-refractivity contribution >= 4 is 0 Å². The number of aliphatic hydroxyl groups is 1. The molecule has 1 aliphatic rings. The lowest BCUT2D eigenvalue weighted by Gasteiger charge is -2.47. The molecule has 2 heterocycles. The number of hydrogen-bond donors (Lipinski definition) is 1. The zero-order valence-corrected chi connectivity index (χ0v) is 13.3. The molecule has 0 radical (unpaired) electrons. The maximum atomic E-state index is 11.3. The average molecular weight is 296 g/mol. The van der Waals surface area contributed by atoms with E-state index in [2.05, 4.69) is 48.0 Å². The molecule has 3 nitrogen and oxygen atoms in total. The third-order valence-corrected chi connectivity index (χ3v) is 4.89. The molecule has 0 bridgehead atoms. The zero-order valence-electron chi connectivity index (χ0n) is 13.3. The highest BCUT2D eigenvalue weighted by Crippen LogP contribution is 2.40. The Hall–Kier alpha value is -1.71. The Labute approximate surface area is 132 Å². The van der Waals surface area contributed by atoms with Gasteiger partial charge in [0.15, 0.2) is 0 Å². The third kappa shape index (κ3) is 2.79. The van der Waals surface area contributed by atoms with Crippen LogP contribution in [0.25, 0.3) is 0 Å². The minimum Gasteiger partial charge on any atom is -0.383 e. The third-order valence-electron chi connectivity index (χ3n) is 4.89. The van der Waals surface area contributed by atoms with Gasteiger partial charge in [-0.1, -0.05) is 50.2 Å². The van der Waals surface area contributed by atoms with Crippen LogP contribution in [0.15, 0.2) is 54.7 Å². The van der Waals surface area contributed by atoms with Crippen molar-refractivity contribution in [2.24, 2.45) is 11.8 Å². The Morgan fingerprint density at radius 1 is 1.05 bits per heavy atom. The van der Waals surface area contributed by atoms with Crippen molar-refractivity contribution in [1.82, 2.24) is 9.88 Å². The second kappa shape index (κ2) is 6.19. The molecule has 0 amide bonds. The first-order valence-corrected chi connectivity index (χ1v) is 8.01. The van der Waals surface area contributed by atoms with Crippen molar-refractivity contribution in [2.75, 3.05) is 13.1 Å². The number of benzene rings is 1. The molecule has 1 aromatic carbocycles. The van der Waals surface area contributed by atoms with E-state index in [4.69, 9.17) is 0 Å². The number of rotatable bonds is 3. The summed E-state index contributed by atoms with van der Waals surface area (Å²) in [7, 11) is 0. The lowest BCUT2D eigenvalue weighted by atomic mass is 9.72. The fourth-order valence-electron chi connectivity index (χ4n) is 3.69. The van der Waals surface area contributed by atoms with E-state index in [0.29, 0.717) is 0 Å². The summed E-state index contributed by atoms with van der Waals surface area (Å²) in [6.45, 7) is 6.96. The first-order valence-electron chi connectivity index (χ1n) is 8.01. The van der Waals surface area contributed by atoms with Crippen LogP contribution in [0.4, 0.5) is 0 Å². The van der Waals surface area contributed by atoms with Crippen molar-refractivity contribution < 1.29 is 5.11 Å². The van der Waals surface area contributed by atoms with Gasteiger partial charge in [0, 0.05) is 37.7 Å². The SMILES string of the molecule is C[C@@H]1CN(Cc2ccccc2)C[C@H](C)[C@@]1(O)c1ccccn1. The predicted molar refractivity (Wildman–Crippen MR) is 88.2 cm³/mol. The van der Waals surface area contributed by atoms with Crippen LogP contribution in [-0.4, -0.2) is 28.1 Å². The molecule has 2 aromatic rings. The van der Waals surface area contributed by atoms with E-state index >= 15 is 0 Å². The van der Waals surface area contributed by atoms with Gasteiger partial charge in [0.1, 0.15) is 5.60 Å². The Morgan fingerprint density at radius 2 is 1.68 bits per heavy atom. The summed E-state index contributed by atoms with van der Waals surface area (Å²) in [5.74, 6) is 0.296. The number of piperidine rings is 1. The molecular weight excluding hydrogens is 272 g/mol. The lowest BCUT2D eigenvalue weighted by molar-refractivity contribution is -0.117. The highest BCUT2D eigenvalue weighted by molar-refractivity contribution is 5.19. The lowest BCUT2D eigenvalue weighted by Crippen LogP contribution is -2.54. The van der Waals surface area contributed by atoms with Crippen LogP contribution in [0.1, 0.15) is 25.1 Å². The molecule has 1 saturated heterocycles. The van der Waals surface area contributed by atoms with Crippen molar-refractivity contribution in [1.29, 1.82) is 0 Å². The van der Waals surface area contributed by atoms with Crippen molar-refractivity contribution in [3.8, 4) is 0 Å². The quantitative estimate of drug-likeness (QED) is 0.945. The standard InChI is InChI=1S/C19H24N2O/c1-15-12-21(14-17-8-4-3-5-9-17)13-16(2)19(15,22)18-10-6-7-11-20-18/h3-11,15-16,22H,12-14H2,1-2H3/t15-,16+,19-. The van der Waals surface area contributed by atoms with E-state index in [1.165, 1.54) is 5.56 Å². The van der Waals surface area contributed by atoms with Crippen LogP contribution in [0.3, 0.4) is 0 Å². The van der Waals surface area contributed by atoms with Crippen molar-refractivity contribution in [3.63, 3.8) is 0 Å². The van der Waals surface area contributed by atoms with Gasteiger partial charge in [-0.25, -0.2) is 0 Å². The van der Waals surface area contributed by atoms with E-state index in [1.807, 2.05) is 24.3 Å². The summed E-state index contributed by atoms with van der Waals surface area (Å²) < 4.78 is 0. The Kier molecular flexibility index (Phi) is 4.27. The van der Waals surface area contributed by atoms with Gasteiger partial charge in [-0.2, -0.15) is 0 Å². The highest BCUT2D eigenvalue weighted by Gasteiger charge is 2.46. The summed E-state index contributed by atoms with van der Waals surface area (Å²) >= 11 is 0. The normalized spacial score (nSPS) is 29.4. The fourth-order valence-corrected chi connectivity index (χ4v) is 3.69. The van der Waals surface area contributed by atoms with Crippen molar-refractivity contribution in [3.05, 3.63) is 66.0 Å². The predicted octanol–water partition coefficient (Wildman–Crippen LogP) is 3.06. The number of nitrogens with zero attached hydrogens (tertiary/aromatic N) is 2. The van der Waals surface area contributed by atoms with Gasteiger partial charge in [-0.15, -0.1) is 0 Å². The molecule has 1 N–H and O–H groups in total. The average Bonchev–Trinajstić information content (AvgIpc) is 2.54. The van der Waals surface area contributed by atoms with E-state index < -0.39 is 5.60 Å². The van der Waals surface area contributed by atoms with Crippen LogP contribution in [-0.2, 0) is 12.1 Å². The summed E-state index contributed by atoms with van der Waals surface area (Å²) in [6, 6.07) is 16.3. The second-order valence-corrected chi connectivity index (χ2v) is 6.52. The van der Waals surface area contributed by atoms with Gasteiger partial charge < -0.3 is 5.11 Å². The summed E-state index contributed by atoms with van der Waals surface area (Å²) in [6.07, 6.45) is 1.77. The minimum absolute atomic E-state index is 0.148. The molecule has 116 valence electrons. The summed E-state index contributed by atoms with van der Waals surface area (Å²) in [5.41, 5.74) is 1.29. The number of pyridine rings is 1. The van der Waals surface area contributed by atoms with Crippen LogP contribution in [0.2, 0.25) is 0 Å². The summed E-state index contributed by atoms with van der Waals surface area (Å²) in [5, 5.41) is 11.3. The van der Waals surface area contributed by atoms with Gasteiger partial charge in [-0.05, 0) is 17.7 Å². The van der Waals surface area contributed by atoms with Gasteiger partial charge in [0.05, 0.1) is 5.69 Å². The maximum absolute atomic E-state index is 11.3. The molecule has 3 atom stereocenters. The smallest absolute Gasteiger partial charge is 0.114 e. The van der Waals surface area contributed by atoms with Gasteiger partial charge in [0.25, 0.3) is 0 Å².